The van der Waals surface area contributed by atoms with Gasteiger partial charge in [-0.1, -0.05) is 19.9 Å². The van der Waals surface area contributed by atoms with E-state index in [1.807, 2.05) is 30.5 Å². The summed E-state index contributed by atoms with van der Waals surface area (Å²) in [6.07, 6.45) is 1.06. The smallest absolute Gasteiger partial charge is 0.306 e. The largest absolute Gasteiger partial charge is 0.502 e. The van der Waals surface area contributed by atoms with Crippen molar-refractivity contribution in [2.45, 2.75) is 51.6 Å². The molecule has 0 aliphatic carbocycles. The predicted octanol–water partition coefficient (Wildman–Crippen LogP) is 2.43. The van der Waals surface area contributed by atoms with Crippen molar-refractivity contribution in [3.8, 4) is 5.75 Å². The standard InChI is InChI=1S/C24H30N2O6/c1-14(2)18(9-22(29)31-3)24-23(30)20(27)8-17(32-24)13-25-10-15-7-16(12-25)19-5-4-6-21(28)26(19)11-15/h4-6,8,14-16,18,30H,7,9-13H2,1-3H3. The van der Waals surface area contributed by atoms with Gasteiger partial charge in [-0.05, 0) is 24.3 Å². The van der Waals surface area contributed by atoms with Gasteiger partial charge in [0.25, 0.3) is 5.56 Å². The number of carbonyl (C=O) groups excluding carboxylic acids is 1. The van der Waals surface area contributed by atoms with Gasteiger partial charge < -0.3 is 18.8 Å². The number of rotatable bonds is 6. The number of nitrogens with zero attached hydrogens (tertiary/aromatic N) is 2. The second-order valence-electron chi connectivity index (χ2n) is 9.31. The van der Waals surface area contributed by atoms with Crippen molar-refractivity contribution in [3.63, 3.8) is 0 Å². The van der Waals surface area contributed by atoms with E-state index < -0.39 is 23.1 Å². The lowest BCUT2D eigenvalue weighted by atomic mass is 9.83. The van der Waals surface area contributed by atoms with Gasteiger partial charge in [-0.2, -0.15) is 0 Å². The van der Waals surface area contributed by atoms with Crippen LogP contribution in [0.1, 0.15) is 55.7 Å². The highest BCUT2D eigenvalue weighted by molar-refractivity contribution is 5.70. The molecule has 0 aromatic carbocycles. The first-order valence-electron chi connectivity index (χ1n) is 11.1. The summed E-state index contributed by atoms with van der Waals surface area (Å²) < 4.78 is 12.7. The zero-order valence-electron chi connectivity index (χ0n) is 18.7. The maximum absolute atomic E-state index is 12.5. The normalized spacial score (nSPS) is 21.2. The molecule has 0 radical (unpaired) electrons. The van der Waals surface area contributed by atoms with Gasteiger partial charge in [0.2, 0.25) is 11.2 Å². The topological polar surface area (TPSA) is 102 Å². The van der Waals surface area contributed by atoms with Crippen LogP contribution in [0.15, 0.2) is 38.3 Å². The van der Waals surface area contributed by atoms with E-state index in [0.717, 1.165) is 25.2 Å². The van der Waals surface area contributed by atoms with Gasteiger partial charge in [0.15, 0.2) is 5.76 Å². The molecule has 2 aliphatic heterocycles. The Morgan fingerprint density at radius 1 is 1.25 bits per heavy atom. The summed E-state index contributed by atoms with van der Waals surface area (Å²) in [6, 6.07) is 6.77. The molecule has 172 valence electrons. The van der Waals surface area contributed by atoms with Gasteiger partial charge >= 0.3 is 5.97 Å². The molecule has 2 aliphatic rings. The van der Waals surface area contributed by atoms with Crippen LogP contribution in [0.5, 0.6) is 5.75 Å². The molecule has 1 fully saturated rings. The second-order valence-corrected chi connectivity index (χ2v) is 9.31. The third-order valence-corrected chi connectivity index (χ3v) is 6.69. The van der Waals surface area contributed by atoms with E-state index in [0.29, 0.717) is 24.8 Å². The number of likely N-dealkylation sites (tertiary alicyclic amines) is 1. The molecule has 2 aromatic rings. The van der Waals surface area contributed by atoms with Crippen molar-refractivity contribution in [1.29, 1.82) is 0 Å². The summed E-state index contributed by atoms with van der Waals surface area (Å²) >= 11 is 0. The van der Waals surface area contributed by atoms with E-state index in [2.05, 4.69) is 4.90 Å². The highest BCUT2D eigenvalue weighted by atomic mass is 16.5. The number of fused-ring (bicyclic) bond motifs is 4. The van der Waals surface area contributed by atoms with E-state index in [9.17, 15) is 19.5 Å². The molecule has 4 rings (SSSR count). The van der Waals surface area contributed by atoms with Crippen LogP contribution in [0.2, 0.25) is 0 Å². The van der Waals surface area contributed by atoms with Gasteiger partial charge in [-0.3, -0.25) is 19.3 Å². The van der Waals surface area contributed by atoms with Crippen LogP contribution in [0.25, 0.3) is 0 Å². The molecule has 2 bridgehead atoms. The highest BCUT2D eigenvalue weighted by Gasteiger charge is 2.35. The van der Waals surface area contributed by atoms with Crippen LogP contribution in [-0.2, 0) is 22.6 Å². The van der Waals surface area contributed by atoms with Gasteiger partial charge in [0.05, 0.1) is 20.1 Å². The van der Waals surface area contributed by atoms with Crippen LogP contribution >= 0.6 is 0 Å². The number of piperidine rings is 1. The molecular weight excluding hydrogens is 412 g/mol. The van der Waals surface area contributed by atoms with E-state index in [1.54, 1.807) is 6.07 Å². The number of pyridine rings is 1. The first-order valence-corrected chi connectivity index (χ1v) is 11.1. The highest BCUT2D eigenvalue weighted by Crippen LogP contribution is 2.37. The number of hydrogen-bond acceptors (Lipinski definition) is 7. The summed E-state index contributed by atoms with van der Waals surface area (Å²) in [7, 11) is 1.31. The number of methoxy groups -OCH3 is 1. The molecule has 8 heteroatoms. The molecule has 2 aromatic heterocycles. The number of esters is 1. The Hall–Kier alpha value is -2.87. The molecule has 1 N–H and O–H groups in total. The van der Waals surface area contributed by atoms with E-state index in [-0.39, 0.29) is 29.6 Å². The lowest BCUT2D eigenvalue weighted by Gasteiger charge is -2.42. The maximum atomic E-state index is 12.5. The minimum atomic E-state index is -0.508. The SMILES string of the molecule is COC(=O)CC(c1oc(CN2CC3CC(C2)c2cccc(=O)n2C3)cc(=O)c1O)C(C)C. The van der Waals surface area contributed by atoms with E-state index in [4.69, 9.17) is 9.15 Å². The fourth-order valence-corrected chi connectivity index (χ4v) is 5.12. The average molecular weight is 443 g/mol. The number of aromatic nitrogens is 1. The van der Waals surface area contributed by atoms with Crippen molar-refractivity contribution in [3.05, 3.63) is 62.1 Å². The fourth-order valence-electron chi connectivity index (χ4n) is 5.12. The minimum Gasteiger partial charge on any atom is -0.502 e. The molecule has 0 saturated carbocycles. The van der Waals surface area contributed by atoms with Crippen LogP contribution in [0.4, 0.5) is 0 Å². The second kappa shape index (κ2) is 8.94. The zero-order valence-corrected chi connectivity index (χ0v) is 18.7. The Balaban J connectivity index is 1.58. The van der Waals surface area contributed by atoms with E-state index >= 15 is 0 Å². The summed E-state index contributed by atoms with van der Waals surface area (Å²) in [6.45, 7) is 6.50. The molecule has 0 spiro atoms. The third-order valence-electron chi connectivity index (χ3n) is 6.69. The van der Waals surface area contributed by atoms with Crippen molar-refractivity contribution in [2.75, 3.05) is 20.2 Å². The zero-order chi connectivity index (χ0) is 23.0. The molecule has 3 atom stereocenters. The van der Waals surface area contributed by atoms with Crippen molar-refractivity contribution >= 4 is 5.97 Å². The quantitative estimate of drug-likeness (QED) is 0.686. The summed E-state index contributed by atoms with van der Waals surface area (Å²) in [5, 5.41) is 10.4. The summed E-state index contributed by atoms with van der Waals surface area (Å²) in [5.74, 6) is -0.160. The van der Waals surface area contributed by atoms with Gasteiger partial charge in [-0.25, -0.2) is 0 Å². The fraction of sp³-hybridized carbons (Fsp3) is 0.542. The third kappa shape index (κ3) is 4.37. The molecule has 8 nitrogen and oxygen atoms in total. The first kappa shape index (κ1) is 22.3. The van der Waals surface area contributed by atoms with Crippen LogP contribution in [0, 0.1) is 11.8 Å². The number of carbonyl (C=O) groups is 1. The lowest BCUT2D eigenvalue weighted by molar-refractivity contribution is -0.141. The Bertz CT molecular complexity index is 1120. The molecule has 0 amide bonds. The monoisotopic (exact) mass is 442 g/mol. The summed E-state index contributed by atoms with van der Waals surface area (Å²) in [4.78, 5) is 38.9. The number of aromatic hydroxyl groups is 1. The number of hydrogen-bond donors (Lipinski definition) is 1. The van der Waals surface area contributed by atoms with Crippen molar-refractivity contribution in [1.82, 2.24) is 9.47 Å². The Kier molecular flexibility index (Phi) is 6.24. The van der Waals surface area contributed by atoms with Gasteiger partial charge in [0.1, 0.15) is 5.76 Å². The minimum absolute atomic E-state index is 0.0213. The molecule has 1 saturated heterocycles. The maximum Gasteiger partial charge on any atom is 0.306 e. The van der Waals surface area contributed by atoms with Crippen molar-refractivity contribution < 1.29 is 19.1 Å². The first-order chi connectivity index (χ1) is 15.3. The molecule has 4 heterocycles. The average Bonchev–Trinajstić information content (AvgIpc) is 2.75. The lowest BCUT2D eigenvalue weighted by Crippen LogP contribution is -2.46. The van der Waals surface area contributed by atoms with E-state index in [1.165, 1.54) is 13.2 Å². The van der Waals surface area contributed by atoms with Crippen LogP contribution < -0.4 is 11.0 Å². The molecule has 32 heavy (non-hydrogen) atoms. The Morgan fingerprint density at radius 3 is 2.75 bits per heavy atom. The van der Waals surface area contributed by atoms with Crippen LogP contribution in [0.3, 0.4) is 0 Å². The number of ether oxygens (including phenoxy) is 1. The van der Waals surface area contributed by atoms with Gasteiger partial charge in [-0.15, -0.1) is 0 Å². The molecule has 3 unspecified atom stereocenters. The Labute approximate surface area is 186 Å². The van der Waals surface area contributed by atoms with Crippen molar-refractivity contribution in [2.24, 2.45) is 11.8 Å². The Morgan fingerprint density at radius 2 is 2.03 bits per heavy atom. The predicted molar refractivity (Wildman–Crippen MR) is 118 cm³/mol. The van der Waals surface area contributed by atoms with Crippen LogP contribution in [-0.4, -0.2) is 40.7 Å². The molecular formula is C24H30N2O6. The van der Waals surface area contributed by atoms with Gasteiger partial charge in [0, 0.05) is 49.3 Å². The summed E-state index contributed by atoms with van der Waals surface area (Å²) in [5.41, 5.74) is 0.597.